The molecule has 7 heteroatoms. The highest BCUT2D eigenvalue weighted by Gasteiger charge is 2.55. The van der Waals surface area contributed by atoms with E-state index in [1.807, 2.05) is 27.7 Å². The van der Waals surface area contributed by atoms with E-state index in [-0.39, 0.29) is 52.8 Å². The van der Waals surface area contributed by atoms with Crippen molar-refractivity contribution in [2.45, 2.75) is 78.0 Å². The zero-order valence-corrected chi connectivity index (χ0v) is 22.9. The minimum Gasteiger partial charge on any atom is -0.469 e. The third-order valence-electron chi connectivity index (χ3n) is 8.77. The number of Topliss-reactive ketones (excluding diaryl/α,β-unsaturated/α-hetero) is 1. The van der Waals surface area contributed by atoms with E-state index in [9.17, 15) is 18.0 Å². The van der Waals surface area contributed by atoms with Crippen molar-refractivity contribution < 1.29 is 26.9 Å². The van der Waals surface area contributed by atoms with Crippen molar-refractivity contribution in [2.24, 2.45) is 40.9 Å². The smallest absolute Gasteiger partial charge is 0.311 e. The Bertz CT molecular complexity index is 999. The van der Waals surface area contributed by atoms with E-state index in [2.05, 4.69) is 6.92 Å². The molecule has 2 fully saturated rings. The highest BCUT2D eigenvalue weighted by Crippen LogP contribution is 2.57. The largest absolute Gasteiger partial charge is 0.469 e. The molecule has 196 valence electrons. The molecule has 0 heterocycles. The Morgan fingerprint density at radius 3 is 2.37 bits per heavy atom. The third-order valence-corrected chi connectivity index (χ3v) is 10.1. The molecular weight excluding hydrogens is 464 g/mol. The molecule has 0 amide bonds. The van der Waals surface area contributed by atoms with E-state index in [1.54, 1.807) is 24.3 Å². The Labute approximate surface area is 211 Å². The molecule has 6 nitrogen and oxygen atoms in total. The minimum absolute atomic E-state index is 0.0129. The van der Waals surface area contributed by atoms with E-state index >= 15 is 0 Å². The number of ether oxygens (including phenoxy) is 1. The van der Waals surface area contributed by atoms with Gasteiger partial charge >= 0.3 is 5.97 Å². The molecule has 2 aliphatic carbocycles. The van der Waals surface area contributed by atoms with Crippen molar-refractivity contribution >= 4 is 21.9 Å². The first kappa shape index (κ1) is 27.9. The lowest BCUT2D eigenvalue weighted by atomic mass is 9.50. The number of hydrogen-bond acceptors (Lipinski definition) is 6. The molecule has 0 spiro atoms. The van der Waals surface area contributed by atoms with Crippen LogP contribution in [0.2, 0.25) is 0 Å². The lowest BCUT2D eigenvalue weighted by molar-refractivity contribution is -0.167. The molecule has 35 heavy (non-hydrogen) atoms. The Morgan fingerprint density at radius 1 is 1.11 bits per heavy atom. The van der Waals surface area contributed by atoms with Gasteiger partial charge in [0.05, 0.1) is 24.0 Å². The summed E-state index contributed by atoms with van der Waals surface area (Å²) in [4.78, 5) is 25.6. The highest BCUT2D eigenvalue weighted by atomic mass is 32.2. The van der Waals surface area contributed by atoms with Crippen molar-refractivity contribution in [3.8, 4) is 0 Å². The van der Waals surface area contributed by atoms with Gasteiger partial charge in [0.25, 0.3) is 10.1 Å². The topological polar surface area (TPSA) is 86.7 Å². The summed E-state index contributed by atoms with van der Waals surface area (Å²) in [6, 6.07) is 6.68. The van der Waals surface area contributed by atoms with Gasteiger partial charge in [-0.3, -0.25) is 13.8 Å². The van der Waals surface area contributed by atoms with Crippen LogP contribution in [-0.4, -0.2) is 33.9 Å². The van der Waals surface area contributed by atoms with Gasteiger partial charge in [0.15, 0.2) is 0 Å². The molecule has 0 aliphatic heterocycles. The summed E-state index contributed by atoms with van der Waals surface area (Å²) in [6.07, 6.45) is 4.46. The molecule has 0 bridgehead atoms. The van der Waals surface area contributed by atoms with Gasteiger partial charge in [0.2, 0.25) is 0 Å². The monoisotopic (exact) mass is 506 g/mol. The van der Waals surface area contributed by atoms with Crippen LogP contribution in [0.5, 0.6) is 0 Å². The maximum Gasteiger partial charge on any atom is 0.311 e. The summed E-state index contributed by atoms with van der Waals surface area (Å²) in [6.45, 7) is 10.1. The second-order valence-corrected chi connectivity index (χ2v) is 12.9. The van der Waals surface area contributed by atoms with Gasteiger partial charge in [-0.15, -0.1) is 0 Å². The Hall–Kier alpha value is -1.73. The second-order valence-electron chi connectivity index (χ2n) is 11.3. The van der Waals surface area contributed by atoms with Gasteiger partial charge in [0.1, 0.15) is 5.78 Å². The second kappa shape index (κ2) is 11.1. The Morgan fingerprint density at radius 2 is 1.77 bits per heavy atom. The van der Waals surface area contributed by atoms with Crippen LogP contribution in [0.4, 0.5) is 0 Å². The van der Waals surface area contributed by atoms with E-state index in [1.165, 1.54) is 7.11 Å². The van der Waals surface area contributed by atoms with Gasteiger partial charge in [-0.25, -0.2) is 0 Å². The number of rotatable bonds is 9. The standard InChI is InChI=1S/C28H42O6S/c1-18(2)25(29)14-12-23-21(17-34-35(31,32)22-10-7-19(3)8-11-22)9-13-24-26(23)20(4)15-16-28(24,5)27(30)33-6/h7-8,10-11,18,20-21,23-24,26H,9,12-17H2,1-6H3/t20-,21?,23?,24?,26?,28?/m0/s1. The first-order chi connectivity index (χ1) is 16.4. The quantitative estimate of drug-likeness (QED) is 0.321. The molecule has 1 aromatic rings. The maximum absolute atomic E-state index is 12.9. The van der Waals surface area contributed by atoms with E-state index in [4.69, 9.17) is 8.92 Å². The number of hydrogen-bond donors (Lipinski definition) is 0. The van der Waals surface area contributed by atoms with Crippen molar-refractivity contribution in [1.29, 1.82) is 0 Å². The summed E-state index contributed by atoms with van der Waals surface area (Å²) in [7, 11) is -2.42. The van der Waals surface area contributed by atoms with Crippen molar-refractivity contribution in [3.05, 3.63) is 29.8 Å². The van der Waals surface area contributed by atoms with Crippen molar-refractivity contribution in [1.82, 2.24) is 0 Å². The number of fused-ring (bicyclic) bond motifs is 1. The molecule has 0 saturated heterocycles. The molecule has 0 radical (unpaired) electrons. The predicted octanol–water partition coefficient (Wildman–Crippen LogP) is 5.57. The summed E-state index contributed by atoms with van der Waals surface area (Å²) in [5.74, 6) is 0.915. The Kier molecular flexibility index (Phi) is 8.85. The van der Waals surface area contributed by atoms with E-state index in [0.29, 0.717) is 18.8 Å². The van der Waals surface area contributed by atoms with Crippen LogP contribution in [0, 0.1) is 47.8 Å². The summed E-state index contributed by atoms with van der Waals surface area (Å²) in [5, 5.41) is 0. The van der Waals surface area contributed by atoms with E-state index < -0.39 is 15.5 Å². The maximum atomic E-state index is 12.9. The molecule has 0 aromatic heterocycles. The molecular formula is C28H42O6S. The number of esters is 1. The average Bonchev–Trinajstić information content (AvgIpc) is 2.83. The number of methoxy groups -OCH3 is 1. The zero-order chi connectivity index (χ0) is 26.0. The van der Waals surface area contributed by atoms with Gasteiger partial charge in [-0.1, -0.05) is 38.5 Å². The van der Waals surface area contributed by atoms with Gasteiger partial charge < -0.3 is 4.74 Å². The fraction of sp³-hybridized carbons (Fsp3) is 0.714. The zero-order valence-electron chi connectivity index (χ0n) is 22.1. The Balaban J connectivity index is 1.85. The highest BCUT2D eigenvalue weighted by molar-refractivity contribution is 7.86. The molecule has 3 rings (SSSR count). The number of ketones is 1. The average molecular weight is 507 g/mol. The number of carbonyl (C=O) groups is 2. The third kappa shape index (κ3) is 5.99. The molecule has 1 aromatic carbocycles. The van der Waals surface area contributed by atoms with Crippen LogP contribution in [0.25, 0.3) is 0 Å². The normalized spacial score (nSPS) is 31.1. The first-order valence-electron chi connectivity index (χ1n) is 13.0. The number of aryl methyl sites for hydroxylation is 1. The van der Waals surface area contributed by atoms with Gasteiger partial charge in [-0.2, -0.15) is 8.42 Å². The molecule has 2 saturated carbocycles. The minimum atomic E-state index is -3.87. The SMILES string of the molecule is COC(=O)C1(C)CC[C@H](C)C2C(CCC(=O)C(C)C)C(COS(=O)(=O)c3ccc(C)cc3)CCC21. The molecule has 2 aliphatic rings. The fourth-order valence-corrected chi connectivity index (χ4v) is 7.51. The van der Waals surface area contributed by atoms with Crippen LogP contribution in [0.1, 0.15) is 71.8 Å². The van der Waals surface area contributed by atoms with Crippen LogP contribution < -0.4 is 0 Å². The predicted molar refractivity (Wildman–Crippen MR) is 135 cm³/mol. The molecule has 5 unspecified atom stereocenters. The van der Waals surface area contributed by atoms with Crippen LogP contribution in [-0.2, 0) is 28.6 Å². The van der Waals surface area contributed by atoms with Gasteiger partial charge in [-0.05, 0) is 87.7 Å². The summed E-state index contributed by atoms with van der Waals surface area (Å²) < 4.78 is 36.6. The lowest BCUT2D eigenvalue weighted by Gasteiger charge is -2.55. The fourth-order valence-electron chi connectivity index (χ4n) is 6.55. The number of carbonyl (C=O) groups excluding carboxylic acids is 2. The van der Waals surface area contributed by atoms with Crippen LogP contribution >= 0.6 is 0 Å². The summed E-state index contributed by atoms with van der Waals surface area (Å²) in [5.41, 5.74) is 0.434. The molecule has 0 N–H and O–H groups in total. The lowest BCUT2D eigenvalue weighted by Crippen LogP contribution is -2.52. The summed E-state index contributed by atoms with van der Waals surface area (Å²) >= 11 is 0. The van der Waals surface area contributed by atoms with Crippen LogP contribution in [0.3, 0.4) is 0 Å². The van der Waals surface area contributed by atoms with Crippen molar-refractivity contribution in [2.75, 3.05) is 13.7 Å². The first-order valence-corrected chi connectivity index (χ1v) is 14.4. The van der Waals surface area contributed by atoms with Crippen LogP contribution in [0.15, 0.2) is 29.2 Å². The van der Waals surface area contributed by atoms with E-state index in [0.717, 1.165) is 31.2 Å². The molecule has 6 atom stereocenters. The van der Waals surface area contributed by atoms with Gasteiger partial charge in [0, 0.05) is 12.3 Å². The van der Waals surface area contributed by atoms with Crippen molar-refractivity contribution in [3.63, 3.8) is 0 Å². The number of benzene rings is 1.